The second-order valence-electron chi connectivity index (χ2n) is 5.52. The standard InChI is InChI=1S/C13H18BrN5O/c1-9(2)13-16-12(20-17-13)8-18-4-3-11(7-18)19-6-10(14)5-15-19/h5-6,9,11H,3-4,7-8H2,1-2H3. The van der Waals surface area contributed by atoms with Crippen LogP contribution in [0.4, 0.5) is 0 Å². The fourth-order valence-electron chi connectivity index (χ4n) is 2.44. The van der Waals surface area contributed by atoms with Gasteiger partial charge >= 0.3 is 0 Å². The van der Waals surface area contributed by atoms with E-state index in [0.717, 1.165) is 36.4 Å². The van der Waals surface area contributed by atoms with Gasteiger partial charge in [-0.1, -0.05) is 19.0 Å². The van der Waals surface area contributed by atoms with Gasteiger partial charge < -0.3 is 4.52 Å². The zero-order valence-corrected chi connectivity index (χ0v) is 13.2. The number of rotatable bonds is 4. The van der Waals surface area contributed by atoms with Gasteiger partial charge in [0.15, 0.2) is 5.82 Å². The van der Waals surface area contributed by atoms with Crippen LogP contribution in [-0.2, 0) is 6.54 Å². The van der Waals surface area contributed by atoms with E-state index >= 15 is 0 Å². The van der Waals surface area contributed by atoms with Crippen molar-refractivity contribution in [1.29, 1.82) is 0 Å². The molecule has 0 amide bonds. The quantitative estimate of drug-likeness (QED) is 0.856. The average Bonchev–Trinajstić information content (AvgIpc) is 3.09. The summed E-state index contributed by atoms with van der Waals surface area (Å²) in [6.07, 6.45) is 4.95. The minimum absolute atomic E-state index is 0.306. The van der Waals surface area contributed by atoms with Gasteiger partial charge in [-0.3, -0.25) is 9.58 Å². The summed E-state index contributed by atoms with van der Waals surface area (Å²) in [6, 6.07) is 0.425. The topological polar surface area (TPSA) is 60.0 Å². The third-order valence-corrected chi connectivity index (χ3v) is 3.96. The molecular weight excluding hydrogens is 322 g/mol. The molecule has 1 unspecified atom stereocenters. The van der Waals surface area contributed by atoms with Crippen LogP contribution in [0.1, 0.15) is 43.9 Å². The van der Waals surface area contributed by atoms with Crippen LogP contribution in [0, 0.1) is 0 Å². The van der Waals surface area contributed by atoms with Crippen molar-refractivity contribution in [2.24, 2.45) is 0 Å². The van der Waals surface area contributed by atoms with E-state index < -0.39 is 0 Å². The minimum atomic E-state index is 0.306. The molecule has 0 aromatic carbocycles. The number of nitrogens with zero attached hydrogens (tertiary/aromatic N) is 5. The molecule has 0 aliphatic carbocycles. The highest BCUT2D eigenvalue weighted by atomic mass is 79.9. The minimum Gasteiger partial charge on any atom is -0.338 e. The van der Waals surface area contributed by atoms with Gasteiger partial charge in [0.05, 0.1) is 23.3 Å². The third kappa shape index (κ3) is 2.93. The van der Waals surface area contributed by atoms with Gasteiger partial charge in [0, 0.05) is 25.2 Å². The summed E-state index contributed by atoms with van der Waals surface area (Å²) in [4.78, 5) is 6.76. The number of aromatic nitrogens is 4. The Morgan fingerprint density at radius 3 is 3.00 bits per heavy atom. The largest absolute Gasteiger partial charge is 0.338 e. The Morgan fingerprint density at radius 2 is 2.35 bits per heavy atom. The molecule has 0 saturated carbocycles. The molecule has 0 bridgehead atoms. The van der Waals surface area contributed by atoms with Gasteiger partial charge in [-0.05, 0) is 22.4 Å². The summed E-state index contributed by atoms with van der Waals surface area (Å²) in [5.74, 6) is 1.79. The summed E-state index contributed by atoms with van der Waals surface area (Å²) in [5.41, 5.74) is 0. The van der Waals surface area contributed by atoms with E-state index in [2.05, 4.69) is 49.9 Å². The smallest absolute Gasteiger partial charge is 0.240 e. The number of hydrogen-bond acceptors (Lipinski definition) is 5. The highest BCUT2D eigenvalue weighted by molar-refractivity contribution is 9.10. The zero-order chi connectivity index (χ0) is 14.1. The van der Waals surface area contributed by atoms with Crippen molar-refractivity contribution in [3.8, 4) is 0 Å². The van der Waals surface area contributed by atoms with Gasteiger partial charge in [0.1, 0.15) is 0 Å². The number of likely N-dealkylation sites (tertiary alicyclic amines) is 1. The van der Waals surface area contributed by atoms with Crippen LogP contribution in [-0.4, -0.2) is 37.9 Å². The molecule has 1 saturated heterocycles. The molecule has 0 N–H and O–H groups in total. The molecule has 1 aliphatic heterocycles. The Labute approximate surface area is 126 Å². The normalized spacial score (nSPS) is 20.1. The lowest BCUT2D eigenvalue weighted by molar-refractivity contribution is 0.258. The Balaban J connectivity index is 1.59. The maximum Gasteiger partial charge on any atom is 0.240 e. The van der Waals surface area contributed by atoms with Crippen molar-refractivity contribution < 1.29 is 4.52 Å². The van der Waals surface area contributed by atoms with E-state index in [-0.39, 0.29) is 0 Å². The molecule has 0 spiro atoms. The molecule has 108 valence electrons. The molecule has 6 nitrogen and oxygen atoms in total. The summed E-state index contributed by atoms with van der Waals surface area (Å²) in [5, 5.41) is 8.36. The molecule has 1 atom stereocenters. The molecule has 1 aliphatic rings. The van der Waals surface area contributed by atoms with Crippen LogP contribution in [0.15, 0.2) is 21.4 Å². The van der Waals surface area contributed by atoms with Crippen LogP contribution >= 0.6 is 15.9 Å². The molecule has 7 heteroatoms. The summed E-state index contributed by atoms with van der Waals surface area (Å²) in [6.45, 7) is 6.85. The second-order valence-corrected chi connectivity index (χ2v) is 6.43. The highest BCUT2D eigenvalue weighted by Crippen LogP contribution is 2.23. The molecule has 2 aromatic heterocycles. The summed E-state index contributed by atoms with van der Waals surface area (Å²) in [7, 11) is 0. The van der Waals surface area contributed by atoms with Crippen molar-refractivity contribution in [3.63, 3.8) is 0 Å². The third-order valence-electron chi connectivity index (χ3n) is 3.55. The Bertz CT molecular complexity index is 579. The van der Waals surface area contributed by atoms with Gasteiger partial charge in [-0.2, -0.15) is 10.1 Å². The van der Waals surface area contributed by atoms with Crippen LogP contribution in [0.25, 0.3) is 0 Å². The zero-order valence-electron chi connectivity index (χ0n) is 11.7. The number of hydrogen-bond donors (Lipinski definition) is 0. The van der Waals surface area contributed by atoms with Gasteiger partial charge in [0.25, 0.3) is 0 Å². The number of halogens is 1. The van der Waals surface area contributed by atoms with E-state index in [9.17, 15) is 0 Å². The molecule has 20 heavy (non-hydrogen) atoms. The molecular formula is C13H18BrN5O. The lowest BCUT2D eigenvalue weighted by atomic mass is 10.2. The van der Waals surface area contributed by atoms with Crippen LogP contribution < -0.4 is 0 Å². The van der Waals surface area contributed by atoms with Crippen molar-refractivity contribution in [2.75, 3.05) is 13.1 Å². The van der Waals surface area contributed by atoms with Crippen molar-refractivity contribution in [1.82, 2.24) is 24.8 Å². The van der Waals surface area contributed by atoms with Crippen molar-refractivity contribution >= 4 is 15.9 Å². The fourth-order valence-corrected chi connectivity index (χ4v) is 2.75. The Hall–Kier alpha value is -1.21. The average molecular weight is 340 g/mol. The lowest BCUT2D eigenvalue weighted by Crippen LogP contribution is -2.21. The fraction of sp³-hybridized carbons (Fsp3) is 0.615. The monoisotopic (exact) mass is 339 g/mol. The van der Waals surface area contributed by atoms with Gasteiger partial charge in [0.2, 0.25) is 5.89 Å². The molecule has 0 radical (unpaired) electrons. The lowest BCUT2D eigenvalue weighted by Gasteiger charge is -2.13. The van der Waals surface area contributed by atoms with E-state index in [4.69, 9.17) is 4.52 Å². The van der Waals surface area contributed by atoms with Crippen LogP contribution in [0.2, 0.25) is 0 Å². The molecule has 3 heterocycles. The van der Waals surface area contributed by atoms with E-state index in [1.54, 1.807) is 0 Å². The SMILES string of the molecule is CC(C)c1noc(CN2CCC(n3cc(Br)cn3)C2)n1. The first kappa shape index (κ1) is 13.8. The van der Waals surface area contributed by atoms with Gasteiger partial charge in [-0.15, -0.1) is 0 Å². The van der Waals surface area contributed by atoms with Crippen molar-refractivity contribution in [3.05, 3.63) is 28.6 Å². The predicted octanol–water partition coefficient (Wildman–Crippen LogP) is 2.60. The summed E-state index contributed by atoms with van der Waals surface area (Å²) < 4.78 is 8.35. The Kier molecular flexibility index (Phi) is 3.89. The van der Waals surface area contributed by atoms with Crippen LogP contribution in [0.3, 0.4) is 0 Å². The first-order valence-corrected chi connectivity index (χ1v) is 7.65. The van der Waals surface area contributed by atoms with Gasteiger partial charge in [-0.25, -0.2) is 0 Å². The second kappa shape index (κ2) is 5.65. The molecule has 3 rings (SSSR count). The maximum absolute atomic E-state index is 5.30. The van der Waals surface area contributed by atoms with E-state index in [0.29, 0.717) is 17.9 Å². The van der Waals surface area contributed by atoms with E-state index in [1.807, 2.05) is 17.1 Å². The van der Waals surface area contributed by atoms with Crippen LogP contribution in [0.5, 0.6) is 0 Å². The van der Waals surface area contributed by atoms with Crippen molar-refractivity contribution in [2.45, 2.75) is 38.8 Å². The Morgan fingerprint density at radius 1 is 1.50 bits per heavy atom. The first-order valence-electron chi connectivity index (χ1n) is 6.86. The molecule has 1 fully saturated rings. The predicted molar refractivity (Wildman–Crippen MR) is 77.2 cm³/mol. The van der Waals surface area contributed by atoms with E-state index in [1.165, 1.54) is 0 Å². The maximum atomic E-state index is 5.30. The highest BCUT2D eigenvalue weighted by Gasteiger charge is 2.26. The summed E-state index contributed by atoms with van der Waals surface area (Å²) >= 11 is 3.43. The first-order chi connectivity index (χ1) is 9.61. The molecule has 2 aromatic rings.